The number of aliphatic carboxylic acids is 1. The van der Waals surface area contributed by atoms with E-state index >= 15 is 0 Å². The smallest absolute Gasteiger partial charge is 0.321 e. The van der Waals surface area contributed by atoms with E-state index in [1.165, 1.54) is 4.90 Å². The van der Waals surface area contributed by atoms with Crippen LogP contribution in [0.3, 0.4) is 0 Å². The van der Waals surface area contributed by atoms with Crippen molar-refractivity contribution in [3.63, 3.8) is 0 Å². The highest BCUT2D eigenvalue weighted by molar-refractivity contribution is 5.78. The molecular formula is C10H21N3O3. The maximum Gasteiger partial charge on any atom is 0.321 e. The molecule has 0 heterocycles. The highest BCUT2D eigenvalue weighted by atomic mass is 16.4. The Morgan fingerprint density at radius 1 is 1.38 bits per heavy atom. The van der Waals surface area contributed by atoms with Gasteiger partial charge in [-0.3, -0.25) is 14.5 Å². The number of rotatable bonds is 7. The van der Waals surface area contributed by atoms with Crippen LogP contribution in [0.15, 0.2) is 0 Å². The lowest BCUT2D eigenvalue weighted by atomic mass is 10.2. The molecule has 0 aliphatic rings. The highest BCUT2D eigenvalue weighted by Crippen LogP contribution is 1.95. The fourth-order valence-corrected chi connectivity index (χ4v) is 1.24. The number of carbonyl (C=O) groups excluding carboxylic acids is 1. The minimum atomic E-state index is -1.04. The monoisotopic (exact) mass is 231 g/mol. The van der Waals surface area contributed by atoms with Crippen molar-refractivity contribution in [2.24, 2.45) is 5.73 Å². The second kappa shape index (κ2) is 7.19. The maximum atomic E-state index is 11.5. The lowest BCUT2D eigenvalue weighted by Gasteiger charge is -2.24. The Hall–Kier alpha value is -1.14. The fraction of sp³-hybridized carbons (Fsp3) is 0.800. The Morgan fingerprint density at radius 2 is 1.94 bits per heavy atom. The van der Waals surface area contributed by atoms with Gasteiger partial charge in [-0.05, 0) is 13.0 Å². The van der Waals surface area contributed by atoms with Crippen molar-refractivity contribution in [2.45, 2.75) is 19.4 Å². The molecule has 0 spiro atoms. The molecule has 6 nitrogen and oxygen atoms in total. The van der Waals surface area contributed by atoms with Crippen molar-refractivity contribution in [2.75, 3.05) is 33.7 Å². The molecule has 0 radical (unpaired) electrons. The van der Waals surface area contributed by atoms with E-state index in [1.807, 2.05) is 6.92 Å². The Bertz CT molecular complexity index is 243. The van der Waals surface area contributed by atoms with E-state index in [-0.39, 0.29) is 19.0 Å². The van der Waals surface area contributed by atoms with Crippen LogP contribution in [0.4, 0.5) is 0 Å². The molecule has 0 aliphatic heterocycles. The highest BCUT2D eigenvalue weighted by Gasteiger charge is 2.18. The third kappa shape index (κ3) is 5.67. The van der Waals surface area contributed by atoms with E-state index in [0.29, 0.717) is 6.54 Å². The molecule has 0 aliphatic carbocycles. The number of carboxylic acids is 1. The van der Waals surface area contributed by atoms with Gasteiger partial charge < -0.3 is 15.7 Å². The molecule has 1 atom stereocenters. The Morgan fingerprint density at radius 3 is 2.31 bits per heavy atom. The molecule has 94 valence electrons. The molecule has 16 heavy (non-hydrogen) atoms. The predicted octanol–water partition coefficient (Wildman–Crippen LogP) is -0.801. The SMILES string of the molecule is CCCN(CC(=O)N(C)C)CC(N)C(=O)O. The van der Waals surface area contributed by atoms with Crippen molar-refractivity contribution in [3.8, 4) is 0 Å². The average Bonchev–Trinajstić information content (AvgIpc) is 2.17. The van der Waals surface area contributed by atoms with Crippen molar-refractivity contribution in [1.82, 2.24) is 9.80 Å². The van der Waals surface area contributed by atoms with Gasteiger partial charge in [-0.25, -0.2) is 0 Å². The first-order valence-corrected chi connectivity index (χ1v) is 5.29. The number of nitrogens with zero attached hydrogens (tertiary/aromatic N) is 2. The molecule has 0 aromatic carbocycles. The van der Waals surface area contributed by atoms with Gasteiger partial charge in [0.25, 0.3) is 0 Å². The number of carboxylic acid groups (broad SMARTS) is 1. The van der Waals surface area contributed by atoms with Crippen LogP contribution in [0.25, 0.3) is 0 Å². The Labute approximate surface area is 96.0 Å². The van der Waals surface area contributed by atoms with Crippen LogP contribution in [0.2, 0.25) is 0 Å². The molecular weight excluding hydrogens is 210 g/mol. The summed E-state index contributed by atoms with van der Waals surface area (Å²) < 4.78 is 0. The van der Waals surface area contributed by atoms with Gasteiger partial charge in [0.05, 0.1) is 6.54 Å². The predicted molar refractivity (Wildman–Crippen MR) is 61.0 cm³/mol. The van der Waals surface area contributed by atoms with Crippen LogP contribution in [0.1, 0.15) is 13.3 Å². The summed E-state index contributed by atoms with van der Waals surface area (Å²) >= 11 is 0. The summed E-state index contributed by atoms with van der Waals surface area (Å²) in [6.45, 7) is 3.05. The lowest BCUT2D eigenvalue weighted by Crippen LogP contribution is -2.46. The van der Waals surface area contributed by atoms with E-state index in [4.69, 9.17) is 10.8 Å². The Balaban J connectivity index is 4.27. The number of nitrogens with two attached hydrogens (primary N) is 1. The van der Waals surface area contributed by atoms with Crippen molar-refractivity contribution in [1.29, 1.82) is 0 Å². The molecule has 1 amide bonds. The minimum Gasteiger partial charge on any atom is -0.480 e. The summed E-state index contributed by atoms with van der Waals surface area (Å²) in [6, 6.07) is -0.943. The van der Waals surface area contributed by atoms with E-state index in [2.05, 4.69) is 0 Å². The first-order valence-electron chi connectivity index (χ1n) is 5.29. The van der Waals surface area contributed by atoms with Crippen LogP contribution in [-0.2, 0) is 9.59 Å². The molecule has 6 heteroatoms. The molecule has 0 aromatic heterocycles. The molecule has 0 fully saturated rings. The zero-order valence-electron chi connectivity index (χ0n) is 10.1. The quantitative estimate of drug-likeness (QED) is 0.599. The van der Waals surface area contributed by atoms with E-state index in [1.54, 1.807) is 19.0 Å². The zero-order valence-corrected chi connectivity index (χ0v) is 10.1. The molecule has 0 rings (SSSR count). The zero-order chi connectivity index (χ0) is 12.7. The third-order valence-corrected chi connectivity index (χ3v) is 2.17. The van der Waals surface area contributed by atoms with Crippen LogP contribution in [0, 0.1) is 0 Å². The summed E-state index contributed by atoms with van der Waals surface area (Å²) in [5.41, 5.74) is 5.43. The molecule has 0 saturated carbocycles. The van der Waals surface area contributed by atoms with E-state index in [0.717, 1.165) is 6.42 Å². The van der Waals surface area contributed by atoms with Crippen LogP contribution < -0.4 is 5.73 Å². The first-order chi connectivity index (χ1) is 7.38. The average molecular weight is 231 g/mol. The van der Waals surface area contributed by atoms with Gasteiger partial charge in [0.1, 0.15) is 6.04 Å². The van der Waals surface area contributed by atoms with Crippen molar-refractivity contribution < 1.29 is 14.7 Å². The molecule has 0 aromatic rings. The van der Waals surface area contributed by atoms with Gasteiger partial charge in [-0.2, -0.15) is 0 Å². The van der Waals surface area contributed by atoms with E-state index < -0.39 is 12.0 Å². The summed E-state index contributed by atoms with van der Waals surface area (Å²) in [5, 5.41) is 8.70. The molecule has 0 bridgehead atoms. The third-order valence-electron chi connectivity index (χ3n) is 2.17. The number of amides is 1. The number of likely N-dealkylation sites (N-methyl/N-ethyl adjacent to an activating group) is 1. The topological polar surface area (TPSA) is 86.9 Å². The largest absolute Gasteiger partial charge is 0.480 e. The fourth-order valence-electron chi connectivity index (χ4n) is 1.24. The van der Waals surface area contributed by atoms with E-state index in [9.17, 15) is 9.59 Å². The van der Waals surface area contributed by atoms with Gasteiger partial charge in [-0.1, -0.05) is 6.92 Å². The Kier molecular flexibility index (Phi) is 6.67. The van der Waals surface area contributed by atoms with Gasteiger partial charge in [0, 0.05) is 20.6 Å². The molecule has 0 saturated heterocycles. The van der Waals surface area contributed by atoms with Crippen molar-refractivity contribution in [3.05, 3.63) is 0 Å². The molecule has 1 unspecified atom stereocenters. The summed E-state index contributed by atoms with van der Waals surface area (Å²) in [6.07, 6.45) is 0.854. The van der Waals surface area contributed by atoms with Gasteiger partial charge >= 0.3 is 5.97 Å². The van der Waals surface area contributed by atoms with Crippen LogP contribution in [0.5, 0.6) is 0 Å². The summed E-state index contributed by atoms with van der Waals surface area (Å²) in [5.74, 6) is -1.09. The minimum absolute atomic E-state index is 0.0500. The van der Waals surface area contributed by atoms with Gasteiger partial charge in [-0.15, -0.1) is 0 Å². The van der Waals surface area contributed by atoms with Gasteiger partial charge in [0.2, 0.25) is 5.91 Å². The number of hydrogen-bond donors (Lipinski definition) is 2. The number of hydrogen-bond acceptors (Lipinski definition) is 4. The first kappa shape index (κ1) is 14.9. The standard InChI is InChI=1S/C10H21N3O3/c1-4-5-13(6-8(11)10(15)16)7-9(14)12(2)3/h8H,4-7,11H2,1-3H3,(H,15,16). The molecule has 3 N–H and O–H groups in total. The summed E-state index contributed by atoms with van der Waals surface area (Å²) in [7, 11) is 3.34. The van der Waals surface area contributed by atoms with Crippen LogP contribution >= 0.6 is 0 Å². The van der Waals surface area contributed by atoms with Crippen molar-refractivity contribution >= 4 is 11.9 Å². The normalized spacial score (nSPS) is 12.6. The summed E-state index contributed by atoms with van der Waals surface area (Å²) in [4.78, 5) is 25.3. The van der Waals surface area contributed by atoms with Gasteiger partial charge in [0.15, 0.2) is 0 Å². The second-order valence-corrected chi connectivity index (χ2v) is 3.97. The number of carbonyl (C=O) groups is 2. The maximum absolute atomic E-state index is 11.5. The van der Waals surface area contributed by atoms with Crippen LogP contribution in [-0.4, -0.2) is 66.6 Å². The lowest BCUT2D eigenvalue weighted by molar-refractivity contribution is -0.139. The second-order valence-electron chi connectivity index (χ2n) is 3.97.